The van der Waals surface area contributed by atoms with Crippen molar-refractivity contribution >= 4 is 17.3 Å². The zero-order chi connectivity index (χ0) is 13.0. The van der Waals surface area contributed by atoms with Gasteiger partial charge in [0.05, 0.1) is 0 Å². The fourth-order valence-electron chi connectivity index (χ4n) is 1.58. The van der Waals surface area contributed by atoms with Gasteiger partial charge in [-0.1, -0.05) is 36.4 Å². The van der Waals surface area contributed by atoms with Crippen LogP contribution in [0.3, 0.4) is 0 Å². The van der Waals surface area contributed by atoms with E-state index in [4.69, 9.17) is 10.5 Å². The highest BCUT2D eigenvalue weighted by Gasteiger charge is 2.32. The van der Waals surface area contributed by atoms with Crippen LogP contribution in [0.25, 0.3) is 0 Å². The summed E-state index contributed by atoms with van der Waals surface area (Å²) < 4.78 is 5.25. The molecule has 0 saturated carbocycles. The van der Waals surface area contributed by atoms with Crippen LogP contribution in [0, 0.1) is 0 Å². The summed E-state index contributed by atoms with van der Waals surface area (Å²) in [5, 5.41) is 1.95. The van der Waals surface area contributed by atoms with Gasteiger partial charge in [0.2, 0.25) is 0 Å². The Bertz CT molecular complexity index is 506. The highest BCUT2D eigenvalue weighted by molar-refractivity contribution is 7.09. The number of carbonyl (C=O) groups is 1. The SMILES string of the molecule is CC(N)(C(=O)OCc1cccs1)c1ccccc1. The van der Waals surface area contributed by atoms with Crippen molar-refractivity contribution in [1.82, 2.24) is 0 Å². The Balaban J connectivity index is 2.04. The Morgan fingerprint density at radius 2 is 2.00 bits per heavy atom. The Labute approximate surface area is 110 Å². The number of esters is 1. The van der Waals surface area contributed by atoms with E-state index in [2.05, 4.69) is 0 Å². The second kappa shape index (κ2) is 5.33. The highest BCUT2D eigenvalue weighted by atomic mass is 32.1. The van der Waals surface area contributed by atoms with Gasteiger partial charge in [-0.15, -0.1) is 11.3 Å². The fraction of sp³-hybridized carbons (Fsp3) is 0.214. The zero-order valence-corrected chi connectivity index (χ0v) is 10.9. The Hall–Kier alpha value is -1.65. The standard InChI is InChI=1S/C14H15NO2S/c1-14(15,11-6-3-2-4-7-11)13(16)17-10-12-8-5-9-18-12/h2-9H,10,15H2,1H3. The zero-order valence-electron chi connectivity index (χ0n) is 10.1. The molecule has 1 heterocycles. The third kappa shape index (κ3) is 2.78. The minimum atomic E-state index is -1.11. The third-order valence-corrected chi connectivity index (χ3v) is 3.57. The molecule has 0 radical (unpaired) electrons. The summed E-state index contributed by atoms with van der Waals surface area (Å²) in [5.41, 5.74) is 5.69. The summed E-state index contributed by atoms with van der Waals surface area (Å²) >= 11 is 1.55. The monoisotopic (exact) mass is 261 g/mol. The summed E-state index contributed by atoms with van der Waals surface area (Å²) in [6.07, 6.45) is 0. The van der Waals surface area contributed by atoms with E-state index >= 15 is 0 Å². The molecular formula is C14H15NO2S. The van der Waals surface area contributed by atoms with Crippen molar-refractivity contribution in [2.24, 2.45) is 5.73 Å². The minimum Gasteiger partial charge on any atom is -0.458 e. The molecule has 0 saturated heterocycles. The maximum absolute atomic E-state index is 12.0. The molecule has 0 amide bonds. The van der Waals surface area contributed by atoms with Crippen LogP contribution in [0.4, 0.5) is 0 Å². The molecule has 18 heavy (non-hydrogen) atoms. The van der Waals surface area contributed by atoms with Crippen LogP contribution in [-0.2, 0) is 21.7 Å². The summed E-state index contributed by atoms with van der Waals surface area (Å²) in [5.74, 6) is -0.415. The Kier molecular flexibility index (Phi) is 3.79. The summed E-state index contributed by atoms with van der Waals surface area (Å²) in [6, 6.07) is 13.1. The molecule has 0 aliphatic carbocycles. The average molecular weight is 261 g/mol. The van der Waals surface area contributed by atoms with E-state index < -0.39 is 11.5 Å². The largest absolute Gasteiger partial charge is 0.458 e. The van der Waals surface area contributed by atoms with E-state index in [0.717, 1.165) is 10.4 Å². The van der Waals surface area contributed by atoms with Crippen molar-refractivity contribution in [3.63, 3.8) is 0 Å². The van der Waals surface area contributed by atoms with E-state index in [-0.39, 0.29) is 6.61 Å². The van der Waals surface area contributed by atoms with Crippen LogP contribution in [0.1, 0.15) is 17.4 Å². The molecule has 4 heteroatoms. The van der Waals surface area contributed by atoms with Crippen LogP contribution in [0.15, 0.2) is 47.8 Å². The highest BCUT2D eigenvalue weighted by Crippen LogP contribution is 2.20. The van der Waals surface area contributed by atoms with Crippen LogP contribution < -0.4 is 5.73 Å². The van der Waals surface area contributed by atoms with Crippen molar-refractivity contribution < 1.29 is 9.53 Å². The van der Waals surface area contributed by atoms with Crippen molar-refractivity contribution in [1.29, 1.82) is 0 Å². The van der Waals surface area contributed by atoms with Gasteiger partial charge in [0.1, 0.15) is 12.1 Å². The topological polar surface area (TPSA) is 52.3 Å². The first kappa shape index (κ1) is 12.8. The van der Waals surface area contributed by atoms with E-state index in [0.29, 0.717) is 0 Å². The quantitative estimate of drug-likeness (QED) is 0.861. The molecular weight excluding hydrogens is 246 g/mol. The maximum Gasteiger partial charge on any atom is 0.330 e. The number of nitrogens with two attached hydrogens (primary N) is 1. The normalized spacial score (nSPS) is 13.9. The third-order valence-electron chi connectivity index (χ3n) is 2.72. The smallest absolute Gasteiger partial charge is 0.330 e. The van der Waals surface area contributed by atoms with Crippen molar-refractivity contribution in [2.45, 2.75) is 19.1 Å². The van der Waals surface area contributed by atoms with Crippen LogP contribution in [0.5, 0.6) is 0 Å². The van der Waals surface area contributed by atoms with Gasteiger partial charge in [0.15, 0.2) is 0 Å². The van der Waals surface area contributed by atoms with Gasteiger partial charge in [-0.25, -0.2) is 4.79 Å². The molecule has 3 nitrogen and oxygen atoms in total. The molecule has 2 rings (SSSR count). The summed E-state index contributed by atoms with van der Waals surface area (Å²) in [7, 11) is 0. The molecule has 1 aromatic heterocycles. The lowest BCUT2D eigenvalue weighted by molar-refractivity contribution is -0.151. The maximum atomic E-state index is 12.0. The lowest BCUT2D eigenvalue weighted by atomic mass is 9.93. The average Bonchev–Trinajstić information content (AvgIpc) is 2.90. The van der Waals surface area contributed by atoms with Crippen molar-refractivity contribution in [3.8, 4) is 0 Å². The molecule has 94 valence electrons. The van der Waals surface area contributed by atoms with Crippen molar-refractivity contribution in [2.75, 3.05) is 0 Å². The number of ether oxygens (including phenoxy) is 1. The summed E-state index contributed by atoms with van der Waals surface area (Å²) in [4.78, 5) is 13.0. The molecule has 1 atom stereocenters. The Morgan fingerprint density at radius 1 is 1.28 bits per heavy atom. The molecule has 2 aromatic rings. The van der Waals surface area contributed by atoms with Gasteiger partial charge in [0, 0.05) is 4.88 Å². The lowest BCUT2D eigenvalue weighted by Gasteiger charge is -2.22. The van der Waals surface area contributed by atoms with Gasteiger partial charge in [0.25, 0.3) is 0 Å². The number of rotatable bonds is 4. The molecule has 0 aliphatic heterocycles. The van der Waals surface area contributed by atoms with E-state index in [1.54, 1.807) is 18.3 Å². The predicted octanol–water partition coefficient (Wildman–Crippen LogP) is 2.67. The number of thiophene rings is 1. The van der Waals surface area contributed by atoms with Crippen LogP contribution in [-0.4, -0.2) is 5.97 Å². The predicted molar refractivity (Wildman–Crippen MR) is 72.1 cm³/mol. The molecule has 1 aromatic carbocycles. The molecule has 2 N–H and O–H groups in total. The second-order valence-electron chi connectivity index (χ2n) is 4.22. The molecule has 0 spiro atoms. The van der Waals surface area contributed by atoms with Gasteiger partial charge in [-0.05, 0) is 23.9 Å². The van der Waals surface area contributed by atoms with E-state index in [1.165, 1.54) is 0 Å². The molecule has 0 fully saturated rings. The van der Waals surface area contributed by atoms with Gasteiger partial charge < -0.3 is 10.5 Å². The van der Waals surface area contributed by atoms with E-state index in [1.807, 2.05) is 47.8 Å². The fourth-order valence-corrected chi connectivity index (χ4v) is 2.20. The first-order valence-electron chi connectivity index (χ1n) is 5.65. The van der Waals surface area contributed by atoms with Gasteiger partial charge >= 0.3 is 5.97 Å². The van der Waals surface area contributed by atoms with Crippen LogP contribution >= 0.6 is 11.3 Å². The first-order valence-corrected chi connectivity index (χ1v) is 6.52. The van der Waals surface area contributed by atoms with Gasteiger partial charge in [-0.2, -0.15) is 0 Å². The summed E-state index contributed by atoms with van der Waals surface area (Å²) in [6.45, 7) is 1.94. The van der Waals surface area contributed by atoms with Crippen LogP contribution in [0.2, 0.25) is 0 Å². The minimum absolute atomic E-state index is 0.274. The second-order valence-corrected chi connectivity index (χ2v) is 5.26. The van der Waals surface area contributed by atoms with Gasteiger partial charge in [-0.3, -0.25) is 0 Å². The van der Waals surface area contributed by atoms with Crippen molar-refractivity contribution in [3.05, 3.63) is 58.3 Å². The first-order chi connectivity index (χ1) is 8.60. The molecule has 0 bridgehead atoms. The number of carbonyl (C=O) groups excluding carboxylic acids is 1. The number of hydrogen-bond donors (Lipinski definition) is 1. The lowest BCUT2D eigenvalue weighted by Crippen LogP contribution is -2.43. The molecule has 1 unspecified atom stereocenters. The van der Waals surface area contributed by atoms with E-state index in [9.17, 15) is 4.79 Å². The molecule has 0 aliphatic rings. The number of hydrogen-bond acceptors (Lipinski definition) is 4. The number of benzene rings is 1. The Morgan fingerprint density at radius 3 is 2.61 bits per heavy atom.